The summed E-state index contributed by atoms with van der Waals surface area (Å²) in [5, 5.41) is 21.6. The highest BCUT2D eigenvalue weighted by Crippen LogP contribution is 2.35. The third-order valence-corrected chi connectivity index (χ3v) is 9.06. The number of carbonyl (C=O) groups is 4. The maximum atomic E-state index is 13.5. The summed E-state index contributed by atoms with van der Waals surface area (Å²) < 4.78 is 53.8. The normalized spacial score (nSPS) is 27.9. The number of benzene rings is 3. The van der Waals surface area contributed by atoms with E-state index in [0.29, 0.717) is 0 Å². The molecule has 3 aromatic carbocycles. The Morgan fingerprint density at radius 3 is 1.84 bits per heavy atom. The summed E-state index contributed by atoms with van der Waals surface area (Å²) in [5.74, 6) is -3.56. The Kier molecular flexibility index (Phi) is 15.4. The van der Waals surface area contributed by atoms with Gasteiger partial charge < -0.3 is 57.6 Å². The predicted molar refractivity (Wildman–Crippen MR) is 190 cm³/mol. The van der Waals surface area contributed by atoms with Crippen LogP contribution in [-0.4, -0.2) is 116 Å². The summed E-state index contributed by atoms with van der Waals surface area (Å²) in [6.07, 6.45) is -14.8. The second-order valence-corrected chi connectivity index (χ2v) is 13.0. The Morgan fingerprint density at radius 2 is 1.25 bits per heavy atom. The van der Waals surface area contributed by atoms with E-state index in [9.17, 15) is 29.4 Å². The Hall–Kier alpha value is -4.58. The van der Waals surface area contributed by atoms with Crippen molar-refractivity contribution in [1.29, 1.82) is 0 Å². The molecule has 0 spiro atoms. The predicted octanol–water partition coefficient (Wildman–Crippen LogP) is 3.24. The fraction of sp³-hybridized carbons (Fsp3) is 0.450. The highest BCUT2D eigenvalue weighted by molar-refractivity contribution is 5.89. The van der Waals surface area contributed by atoms with Crippen LogP contribution >= 0.6 is 0 Å². The zero-order valence-electron chi connectivity index (χ0n) is 30.7. The van der Waals surface area contributed by atoms with Gasteiger partial charge in [0.2, 0.25) is 0 Å². The minimum absolute atomic E-state index is 0.0639. The van der Waals surface area contributed by atoms with E-state index in [1.54, 1.807) is 18.2 Å². The van der Waals surface area contributed by atoms with Crippen molar-refractivity contribution in [3.8, 4) is 0 Å². The van der Waals surface area contributed by atoms with Crippen LogP contribution in [0.15, 0.2) is 91.0 Å². The van der Waals surface area contributed by atoms with Gasteiger partial charge in [0.25, 0.3) is 0 Å². The summed E-state index contributed by atoms with van der Waals surface area (Å²) in [7, 11) is 2.60. The van der Waals surface area contributed by atoms with Crippen molar-refractivity contribution in [3.63, 3.8) is 0 Å². The molecule has 2 saturated heterocycles. The SMILES string of the molecule is CO[C@@H]1[C@@H](OCc2ccccc2)[C@@H](O)O[C@H](COCc2ccccc2)[C@H]1O[C@@H]1O[C@@H](C(=O)O)[C@@H](OC(=O)CCC(C)=O)[C@H](OC)[C@H]1OC(=O)c1ccccc1. The van der Waals surface area contributed by atoms with Crippen LogP contribution in [0.5, 0.6) is 0 Å². The van der Waals surface area contributed by atoms with Gasteiger partial charge in [0, 0.05) is 20.6 Å². The molecule has 0 amide bonds. The molecule has 0 aromatic heterocycles. The molecule has 0 aliphatic carbocycles. The Labute approximate surface area is 318 Å². The van der Waals surface area contributed by atoms with Crippen LogP contribution in [0, 0.1) is 0 Å². The average Bonchev–Trinajstić information content (AvgIpc) is 3.19. The fourth-order valence-corrected chi connectivity index (χ4v) is 6.32. The Morgan fingerprint density at radius 1 is 0.673 bits per heavy atom. The van der Waals surface area contributed by atoms with Crippen molar-refractivity contribution in [2.24, 2.45) is 0 Å². The van der Waals surface area contributed by atoms with Gasteiger partial charge in [0.15, 0.2) is 30.9 Å². The molecule has 5 rings (SSSR count). The van der Waals surface area contributed by atoms with Gasteiger partial charge in [-0.25, -0.2) is 9.59 Å². The molecule has 15 heteroatoms. The first-order valence-corrected chi connectivity index (χ1v) is 17.7. The van der Waals surface area contributed by atoms with E-state index in [0.717, 1.165) is 11.1 Å². The van der Waals surface area contributed by atoms with Crippen LogP contribution in [0.2, 0.25) is 0 Å². The van der Waals surface area contributed by atoms with E-state index < -0.39 is 79.3 Å². The van der Waals surface area contributed by atoms with Gasteiger partial charge in [-0.3, -0.25) is 4.79 Å². The van der Waals surface area contributed by atoms with E-state index in [2.05, 4.69) is 0 Å². The van der Waals surface area contributed by atoms with E-state index >= 15 is 0 Å². The number of hydrogen-bond acceptors (Lipinski definition) is 14. The van der Waals surface area contributed by atoms with Crippen LogP contribution in [0.1, 0.15) is 41.3 Å². The van der Waals surface area contributed by atoms with E-state index in [4.69, 9.17) is 42.6 Å². The van der Waals surface area contributed by atoms with Crippen LogP contribution in [0.3, 0.4) is 0 Å². The summed E-state index contributed by atoms with van der Waals surface area (Å²) in [6.45, 7) is 1.40. The van der Waals surface area contributed by atoms with Gasteiger partial charge in [-0.15, -0.1) is 0 Å². The number of methoxy groups -OCH3 is 2. The van der Waals surface area contributed by atoms with E-state index in [1.165, 1.54) is 33.3 Å². The lowest BCUT2D eigenvalue weighted by molar-refractivity contribution is -0.358. The van der Waals surface area contributed by atoms with E-state index in [1.807, 2.05) is 60.7 Å². The highest BCUT2D eigenvalue weighted by Gasteiger charge is 2.57. The van der Waals surface area contributed by atoms with Crippen LogP contribution in [-0.2, 0) is 70.2 Å². The molecule has 15 nitrogen and oxygen atoms in total. The lowest BCUT2D eigenvalue weighted by atomic mass is 9.96. The monoisotopic (exact) mass is 766 g/mol. The van der Waals surface area contributed by atoms with Crippen molar-refractivity contribution in [2.45, 2.75) is 94.4 Å². The molecule has 0 saturated carbocycles. The largest absolute Gasteiger partial charge is 0.479 e. The number of carbonyl (C=O) groups excluding carboxylic acids is 3. The molecular weight excluding hydrogens is 720 g/mol. The summed E-state index contributed by atoms with van der Waals surface area (Å²) in [6, 6.07) is 26.5. The van der Waals surface area contributed by atoms with Gasteiger partial charge in [0.05, 0.1) is 31.8 Å². The molecule has 296 valence electrons. The zero-order valence-corrected chi connectivity index (χ0v) is 30.7. The molecule has 55 heavy (non-hydrogen) atoms. The smallest absolute Gasteiger partial charge is 0.338 e. The average molecular weight is 767 g/mol. The first-order valence-electron chi connectivity index (χ1n) is 17.7. The fourth-order valence-electron chi connectivity index (χ4n) is 6.32. The number of aliphatic hydroxyl groups is 1. The van der Waals surface area contributed by atoms with Gasteiger partial charge in [-0.2, -0.15) is 0 Å². The minimum atomic E-state index is -1.89. The molecule has 0 bridgehead atoms. The molecule has 2 aliphatic rings. The summed E-state index contributed by atoms with van der Waals surface area (Å²) in [4.78, 5) is 50.7. The summed E-state index contributed by atoms with van der Waals surface area (Å²) >= 11 is 0. The van der Waals surface area contributed by atoms with Gasteiger partial charge in [0.1, 0.15) is 36.3 Å². The quantitative estimate of drug-likeness (QED) is 0.179. The van der Waals surface area contributed by atoms with Crippen molar-refractivity contribution in [3.05, 3.63) is 108 Å². The molecule has 3 aromatic rings. The van der Waals surface area contributed by atoms with Gasteiger partial charge >= 0.3 is 17.9 Å². The number of rotatable bonds is 18. The summed E-state index contributed by atoms with van der Waals surface area (Å²) in [5.41, 5.74) is 1.81. The first-order chi connectivity index (χ1) is 26.6. The number of aliphatic carboxylic acids is 1. The Bertz CT molecular complexity index is 1670. The molecule has 2 heterocycles. The maximum Gasteiger partial charge on any atom is 0.338 e. The standard InChI is InChI=1S/C40H46O15/c1-24(41)19-20-29(42)52-33-32(48-3)36(53-38(45)27-17-11-6-12-18-27)40(55-34(33)37(43)44)54-30-28(23-49-21-25-13-7-4-8-14-25)51-39(46)35(31(30)47-2)50-22-26-15-9-5-10-16-26/h4-18,28,30-36,39-40,46H,19-23H2,1-3H3,(H,43,44)/t28-,30-,31+,32+,33+,34-,35-,36-,39+,40-/m1/s1. The van der Waals surface area contributed by atoms with Crippen LogP contribution in [0.25, 0.3) is 0 Å². The first kappa shape index (κ1) is 41.6. The number of carboxylic acid groups (broad SMARTS) is 1. The minimum Gasteiger partial charge on any atom is -0.479 e. The Balaban J connectivity index is 1.48. The molecule has 2 fully saturated rings. The number of hydrogen-bond donors (Lipinski definition) is 2. The van der Waals surface area contributed by atoms with Crippen molar-refractivity contribution < 1.29 is 72.0 Å². The van der Waals surface area contributed by atoms with Crippen molar-refractivity contribution in [1.82, 2.24) is 0 Å². The highest BCUT2D eigenvalue weighted by atomic mass is 16.8. The van der Waals surface area contributed by atoms with E-state index in [-0.39, 0.29) is 44.0 Å². The van der Waals surface area contributed by atoms with Gasteiger partial charge in [-0.05, 0) is 30.2 Å². The number of aliphatic hydroxyl groups excluding tert-OH is 1. The number of carboxylic acids is 1. The molecule has 2 N–H and O–H groups in total. The third-order valence-electron chi connectivity index (χ3n) is 9.06. The van der Waals surface area contributed by atoms with Crippen LogP contribution in [0.4, 0.5) is 0 Å². The number of ketones is 1. The van der Waals surface area contributed by atoms with Gasteiger partial charge in [-0.1, -0.05) is 78.9 Å². The molecule has 2 aliphatic heterocycles. The molecular formula is C40H46O15. The van der Waals surface area contributed by atoms with Crippen LogP contribution < -0.4 is 0 Å². The number of ether oxygens (including phenoxy) is 9. The van der Waals surface area contributed by atoms with Crippen molar-refractivity contribution >= 4 is 23.7 Å². The van der Waals surface area contributed by atoms with Crippen molar-refractivity contribution in [2.75, 3.05) is 20.8 Å². The number of esters is 2. The molecule has 0 radical (unpaired) electrons. The lowest BCUT2D eigenvalue weighted by Crippen LogP contribution is -2.67. The third kappa shape index (κ3) is 11.2. The molecule has 10 atom stereocenters. The zero-order chi connectivity index (χ0) is 39.3. The molecule has 0 unspecified atom stereocenters. The second-order valence-electron chi connectivity index (χ2n) is 13.0. The topological polar surface area (TPSA) is 192 Å². The second kappa shape index (κ2) is 20.4. The number of Topliss-reactive ketones (excluding diaryl/α,β-unsaturated/α-hetero) is 1. The lowest BCUT2D eigenvalue weighted by Gasteiger charge is -2.48. The maximum absolute atomic E-state index is 13.5.